The smallest absolute Gasteiger partial charge is 0.335 e. The Morgan fingerprint density at radius 1 is 0.875 bits per heavy atom. The zero-order valence-electron chi connectivity index (χ0n) is 17.7. The summed E-state index contributed by atoms with van der Waals surface area (Å²) in [5.41, 5.74) is 5.82. The molecule has 5 heteroatoms. The van der Waals surface area contributed by atoms with Crippen molar-refractivity contribution in [2.24, 2.45) is 0 Å². The summed E-state index contributed by atoms with van der Waals surface area (Å²) in [5.74, 6) is 0.103. The first kappa shape index (κ1) is 20.1. The van der Waals surface area contributed by atoms with Crippen molar-refractivity contribution in [3.05, 3.63) is 113 Å². The number of hydrogen-bond acceptors (Lipinski definition) is 3. The van der Waals surface area contributed by atoms with Crippen molar-refractivity contribution >= 4 is 11.8 Å². The lowest BCUT2D eigenvalue weighted by molar-refractivity contribution is 0.0697. The monoisotopic (exact) mass is 423 g/mol. The van der Waals surface area contributed by atoms with Gasteiger partial charge in [-0.15, -0.1) is 0 Å². The molecule has 32 heavy (non-hydrogen) atoms. The van der Waals surface area contributed by atoms with Gasteiger partial charge in [0.15, 0.2) is 0 Å². The predicted octanol–water partition coefficient (Wildman–Crippen LogP) is 5.50. The number of nitrogens with one attached hydrogen (secondary N) is 1. The molecule has 2 heterocycles. The molecule has 0 aliphatic carbocycles. The third-order valence-corrected chi connectivity index (χ3v) is 6.06. The average molecular weight is 424 g/mol. The number of carbonyl (C=O) groups is 1. The Morgan fingerprint density at radius 3 is 2.09 bits per heavy atom. The van der Waals surface area contributed by atoms with E-state index in [1.54, 1.807) is 12.1 Å². The Balaban J connectivity index is 1.70. The summed E-state index contributed by atoms with van der Waals surface area (Å²) in [6.07, 6.45) is 3.17. The molecule has 0 atom stereocenters. The van der Waals surface area contributed by atoms with E-state index in [-0.39, 0.29) is 11.5 Å². The third kappa shape index (κ3) is 3.78. The van der Waals surface area contributed by atoms with Gasteiger partial charge in [0.1, 0.15) is 5.82 Å². The number of aromatic carboxylic acids is 1. The molecule has 1 aromatic heterocycles. The van der Waals surface area contributed by atoms with Gasteiger partial charge in [-0.2, -0.15) is 5.10 Å². The van der Waals surface area contributed by atoms with Crippen LogP contribution in [0.15, 0.2) is 84.9 Å². The van der Waals surface area contributed by atoms with Gasteiger partial charge in [0.25, 0.3) is 0 Å². The van der Waals surface area contributed by atoms with Gasteiger partial charge in [-0.3, -0.25) is 0 Å². The fraction of sp³-hybridized carbons (Fsp3) is 0.185. The highest BCUT2D eigenvalue weighted by Gasteiger charge is 2.28. The van der Waals surface area contributed by atoms with E-state index in [9.17, 15) is 9.90 Å². The minimum absolute atomic E-state index is 0.0191. The Bertz CT molecular complexity index is 1180. The second-order valence-electron chi connectivity index (χ2n) is 8.11. The molecule has 0 spiro atoms. The van der Waals surface area contributed by atoms with Gasteiger partial charge in [0, 0.05) is 12.1 Å². The summed E-state index contributed by atoms with van der Waals surface area (Å²) in [5, 5.41) is 18.0. The molecule has 0 radical (unpaired) electrons. The SMILES string of the molecule is O=C(O)c1ccc(-n2nc(C(c3ccccc3)c3ccccc3)c3c2NCCCC3)cc1. The zero-order chi connectivity index (χ0) is 21.9. The van der Waals surface area contributed by atoms with Crippen LogP contribution in [-0.2, 0) is 6.42 Å². The Kier molecular flexibility index (Phi) is 5.46. The van der Waals surface area contributed by atoms with E-state index in [4.69, 9.17) is 5.10 Å². The molecule has 5 rings (SSSR count). The summed E-state index contributed by atoms with van der Waals surface area (Å²) < 4.78 is 1.94. The first-order valence-corrected chi connectivity index (χ1v) is 11.0. The third-order valence-electron chi connectivity index (χ3n) is 6.06. The average Bonchev–Trinajstić information content (AvgIpc) is 3.01. The van der Waals surface area contributed by atoms with Gasteiger partial charge in [0.2, 0.25) is 0 Å². The quantitative estimate of drug-likeness (QED) is 0.445. The van der Waals surface area contributed by atoms with Crippen molar-refractivity contribution in [3.8, 4) is 5.69 Å². The van der Waals surface area contributed by atoms with Crippen LogP contribution >= 0.6 is 0 Å². The molecule has 4 aromatic rings. The van der Waals surface area contributed by atoms with Crippen LogP contribution in [0.3, 0.4) is 0 Å². The van der Waals surface area contributed by atoms with Crippen LogP contribution < -0.4 is 5.32 Å². The lowest BCUT2D eigenvalue weighted by atomic mass is 9.86. The molecule has 2 N–H and O–H groups in total. The molecule has 1 aliphatic rings. The van der Waals surface area contributed by atoms with E-state index in [1.807, 2.05) is 28.9 Å². The molecule has 1 aliphatic heterocycles. The largest absolute Gasteiger partial charge is 0.478 e. The number of carboxylic acids is 1. The van der Waals surface area contributed by atoms with E-state index in [1.165, 1.54) is 16.7 Å². The van der Waals surface area contributed by atoms with E-state index >= 15 is 0 Å². The van der Waals surface area contributed by atoms with Crippen LogP contribution in [0.5, 0.6) is 0 Å². The number of benzene rings is 3. The van der Waals surface area contributed by atoms with Crippen LogP contribution in [0.25, 0.3) is 5.69 Å². The van der Waals surface area contributed by atoms with Crippen LogP contribution in [0.4, 0.5) is 5.82 Å². The number of aromatic nitrogens is 2. The number of nitrogens with zero attached hydrogens (tertiary/aromatic N) is 2. The van der Waals surface area contributed by atoms with Gasteiger partial charge < -0.3 is 10.4 Å². The lowest BCUT2D eigenvalue weighted by Crippen LogP contribution is -2.08. The summed E-state index contributed by atoms with van der Waals surface area (Å²) in [6.45, 7) is 0.896. The zero-order valence-corrected chi connectivity index (χ0v) is 17.7. The Morgan fingerprint density at radius 2 is 1.50 bits per heavy atom. The van der Waals surface area contributed by atoms with Crippen molar-refractivity contribution in [1.82, 2.24) is 9.78 Å². The fourth-order valence-electron chi connectivity index (χ4n) is 4.49. The summed E-state index contributed by atoms with van der Waals surface area (Å²) in [7, 11) is 0. The fourth-order valence-corrected chi connectivity index (χ4v) is 4.49. The van der Waals surface area contributed by atoms with Crippen molar-refractivity contribution in [2.75, 3.05) is 11.9 Å². The number of rotatable bonds is 5. The Labute approximate surface area is 187 Å². The molecule has 0 fully saturated rings. The topological polar surface area (TPSA) is 67.1 Å². The van der Waals surface area contributed by atoms with Gasteiger partial charge in [-0.25, -0.2) is 9.48 Å². The van der Waals surface area contributed by atoms with E-state index < -0.39 is 5.97 Å². The lowest BCUT2D eigenvalue weighted by Gasteiger charge is -2.18. The van der Waals surface area contributed by atoms with Crippen LogP contribution in [0.1, 0.15) is 51.5 Å². The highest BCUT2D eigenvalue weighted by molar-refractivity contribution is 5.87. The maximum Gasteiger partial charge on any atom is 0.335 e. The molecule has 3 aromatic carbocycles. The molecule has 0 saturated carbocycles. The molecule has 0 unspecified atom stereocenters. The molecule has 160 valence electrons. The van der Waals surface area contributed by atoms with E-state index in [0.717, 1.165) is 43.0 Å². The molecule has 0 saturated heterocycles. The maximum absolute atomic E-state index is 11.3. The predicted molar refractivity (Wildman–Crippen MR) is 126 cm³/mol. The second kappa shape index (κ2) is 8.71. The number of carboxylic acid groups (broad SMARTS) is 1. The maximum atomic E-state index is 11.3. The van der Waals surface area contributed by atoms with Gasteiger partial charge in [-0.1, -0.05) is 60.7 Å². The first-order chi connectivity index (χ1) is 15.7. The van der Waals surface area contributed by atoms with Crippen LogP contribution in [0, 0.1) is 0 Å². The Hall–Kier alpha value is -3.86. The highest BCUT2D eigenvalue weighted by Crippen LogP contribution is 2.38. The van der Waals surface area contributed by atoms with Crippen molar-refractivity contribution in [1.29, 1.82) is 0 Å². The number of fused-ring (bicyclic) bond motifs is 1. The first-order valence-electron chi connectivity index (χ1n) is 11.0. The number of hydrogen-bond donors (Lipinski definition) is 2. The molecular formula is C27H25N3O2. The van der Waals surface area contributed by atoms with Crippen molar-refractivity contribution in [2.45, 2.75) is 25.2 Å². The molecule has 0 amide bonds. The molecule has 0 bridgehead atoms. The summed E-state index contributed by atoms with van der Waals surface area (Å²) >= 11 is 0. The summed E-state index contributed by atoms with van der Waals surface area (Å²) in [4.78, 5) is 11.3. The molecule has 5 nitrogen and oxygen atoms in total. The molecular weight excluding hydrogens is 398 g/mol. The van der Waals surface area contributed by atoms with Gasteiger partial charge in [0.05, 0.1) is 22.9 Å². The van der Waals surface area contributed by atoms with Gasteiger partial charge in [-0.05, 0) is 54.7 Å². The highest BCUT2D eigenvalue weighted by atomic mass is 16.4. The standard InChI is InChI=1S/C27H25N3O2/c31-27(32)21-14-16-22(17-15-21)30-26-23(13-7-8-18-28-26)25(29-30)24(19-9-3-1-4-10-19)20-11-5-2-6-12-20/h1-6,9-12,14-17,24,28H,7-8,13,18H2,(H,31,32). The summed E-state index contributed by atoms with van der Waals surface area (Å²) in [6, 6.07) is 27.9. The van der Waals surface area contributed by atoms with Crippen LogP contribution in [0.2, 0.25) is 0 Å². The minimum Gasteiger partial charge on any atom is -0.478 e. The van der Waals surface area contributed by atoms with E-state index in [2.05, 4.69) is 53.8 Å². The number of anilines is 1. The van der Waals surface area contributed by atoms with Crippen LogP contribution in [-0.4, -0.2) is 27.4 Å². The van der Waals surface area contributed by atoms with Gasteiger partial charge >= 0.3 is 5.97 Å². The van der Waals surface area contributed by atoms with Crippen molar-refractivity contribution in [3.63, 3.8) is 0 Å². The van der Waals surface area contributed by atoms with E-state index in [0.29, 0.717) is 0 Å². The normalized spacial score (nSPS) is 13.3. The minimum atomic E-state index is -0.928. The second-order valence-corrected chi connectivity index (χ2v) is 8.11. The van der Waals surface area contributed by atoms with Crippen molar-refractivity contribution < 1.29 is 9.90 Å².